The minimum absolute atomic E-state index is 0.0958. The van der Waals surface area contributed by atoms with E-state index in [1.807, 2.05) is 17.5 Å². The van der Waals surface area contributed by atoms with E-state index in [0.29, 0.717) is 17.5 Å². The van der Waals surface area contributed by atoms with Crippen molar-refractivity contribution in [2.45, 2.75) is 39.0 Å². The highest BCUT2D eigenvalue weighted by Crippen LogP contribution is 2.34. The molecule has 4 nitrogen and oxygen atoms in total. The van der Waals surface area contributed by atoms with Gasteiger partial charge in [0.2, 0.25) is 5.91 Å². The lowest BCUT2D eigenvalue weighted by Gasteiger charge is -2.07. The van der Waals surface area contributed by atoms with Gasteiger partial charge in [-0.2, -0.15) is 0 Å². The van der Waals surface area contributed by atoms with Gasteiger partial charge in [-0.1, -0.05) is 31.0 Å². The van der Waals surface area contributed by atoms with Crippen molar-refractivity contribution in [3.05, 3.63) is 35.3 Å². The number of hydrogen-bond acceptors (Lipinski definition) is 3. The van der Waals surface area contributed by atoms with E-state index < -0.39 is 0 Å². The molecule has 1 amide bonds. The predicted molar refractivity (Wildman–Crippen MR) is 99.3 cm³/mol. The molecule has 0 radical (unpaired) electrons. The second kappa shape index (κ2) is 6.40. The van der Waals surface area contributed by atoms with Gasteiger partial charge in [0, 0.05) is 34.0 Å². The molecule has 3 aromatic rings. The quantitative estimate of drug-likeness (QED) is 0.693. The van der Waals surface area contributed by atoms with Crippen LogP contribution in [0.2, 0.25) is 0 Å². The predicted octanol–water partition coefficient (Wildman–Crippen LogP) is 5.12. The number of nitrogens with zero attached hydrogens (tertiary/aromatic N) is 1. The standard InChI is InChI=1S/C19H21N3OS/c1-12-18(14-8-4-5-9-15(14)20-12)16-11-24-19(21-16)22-17(23)10-13-6-2-3-7-13/h4-5,8-9,11,13,20H,2-3,6-7,10H2,1H3,(H,21,22,23). The molecule has 1 fully saturated rings. The van der Waals surface area contributed by atoms with Crippen LogP contribution in [0, 0.1) is 12.8 Å². The number of aromatic nitrogens is 2. The summed E-state index contributed by atoms with van der Waals surface area (Å²) in [6.45, 7) is 2.06. The number of nitrogens with one attached hydrogen (secondary N) is 2. The average molecular weight is 339 g/mol. The highest BCUT2D eigenvalue weighted by atomic mass is 32.1. The number of amides is 1. The minimum atomic E-state index is 0.0958. The highest BCUT2D eigenvalue weighted by molar-refractivity contribution is 7.14. The number of benzene rings is 1. The van der Waals surface area contributed by atoms with Crippen LogP contribution < -0.4 is 5.32 Å². The molecule has 1 aliphatic carbocycles. The summed E-state index contributed by atoms with van der Waals surface area (Å²) in [6.07, 6.45) is 5.52. The van der Waals surface area contributed by atoms with Gasteiger partial charge in [0.1, 0.15) is 0 Å². The van der Waals surface area contributed by atoms with E-state index in [9.17, 15) is 4.79 Å². The number of fused-ring (bicyclic) bond motifs is 1. The highest BCUT2D eigenvalue weighted by Gasteiger charge is 2.19. The van der Waals surface area contributed by atoms with Crippen LogP contribution in [-0.2, 0) is 4.79 Å². The Bertz CT molecular complexity index is 874. The summed E-state index contributed by atoms with van der Waals surface area (Å²) in [4.78, 5) is 20.2. The third-order valence-electron chi connectivity index (χ3n) is 4.85. The second-order valence-electron chi connectivity index (χ2n) is 6.61. The molecule has 124 valence electrons. The van der Waals surface area contributed by atoms with Crippen LogP contribution in [0.25, 0.3) is 22.2 Å². The Morgan fingerprint density at radius 3 is 2.96 bits per heavy atom. The summed E-state index contributed by atoms with van der Waals surface area (Å²) in [5, 5.41) is 6.86. The van der Waals surface area contributed by atoms with Gasteiger partial charge in [-0.3, -0.25) is 4.79 Å². The molecule has 1 aliphatic rings. The SMILES string of the molecule is Cc1[nH]c2ccccc2c1-c1csc(NC(=O)CC2CCCC2)n1. The number of carbonyl (C=O) groups excluding carboxylic acids is 1. The van der Waals surface area contributed by atoms with Crippen LogP contribution in [0.5, 0.6) is 0 Å². The van der Waals surface area contributed by atoms with Crippen LogP contribution in [-0.4, -0.2) is 15.9 Å². The number of anilines is 1. The first-order valence-electron chi connectivity index (χ1n) is 8.54. The number of para-hydroxylation sites is 1. The summed E-state index contributed by atoms with van der Waals surface area (Å²) in [5.41, 5.74) is 4.26. The molecule has 2 aromatic heterocycles. The van der Waals surface area contributed by atoms with E-state index in [4.69, 9.17) is 0 Å². The summed E-state index contributed by atoms with van der Waals surface area (Å²) < 4.78 is 0. The molecular formula is C19H21N3OS. The van der Waals surface area contributed by atoms with Crippen molar-refractivity contribution in [1.82, 2.24) is 9.97 Å². The fourth-order valence-corrected chi connectivity index (χ4v) is 4.42. The first-order valence-corrected chi connectivity index (χ1v) is 9.42. The van der Waals surface area contributed by atoms with E-state index in [2.05, 4.69) is 34.3 Å². The Morgan fingerprint density at radius 2 is 2.12 bits per heavy atom. The van der Waals surface area contributed by atoms with Crippen molar-refractivity contribution in [2.75, 3.05) is 5.32 Å². The molecule has 1 aromatic carbocycles. The summed E-state index contributed by atoms with van der Waals surface area (Å²) >= 11 is 1.49. The number of aryl methyl sites for hydroxylation is 1. The van der Waals surface area contributed by atoms with E-state index in [1.165, 1.54) is 42.4 Å². The van der Waals surface area contributed by atoms with Gasteiger partial charge in [0.15, 0.2) is 5.13 Å². The van der Waals surface area contributed by atoms with E-state index in [-0.39, 0.29) is 5.91 Å². The van der Waals surface area contributed by atoms with Gasteiger partial charge in [-0.05, 0) is 31.7 Å². The van der Waals surface area contributed by atoms with Gasteiger partial charge >= 0.3 is 0 Å². The van der Waals surface area contributed by atoms with Crippen molar-refractivity contribution >= 4 is 33.3 Å². The third-order valence-corrected chi connectivity index (χ3v) is 5.61. The zero-order chi connectivity index (χ0) is 16.5. The fourth-order valence-electron chi connectivity index (χ4n) is 3.70. The molecule has 24 heavy (non-hydrogen) atoms. The smallest absolute Gasteiger partial charge is 0.226 e. The Balaban J connectivity index is 1.53. The molecule has 4 rings (SSSR count). The molecule has 0 saturated heterocycles. The molecule has 0 spiro atoms. The van der Waals surface area contributed by atoms with Gasteiger partial charge in [0.25, 0.3) is 0 Å². The van der Waals surface area contributed by atoms with Gasteiger partial charge in [-0.25, -0.2) is 4.98 Å². The maximum atomic E-state index is 12.2. The topological polar surface area (TPSA) is 57.8 Å². The van der Waals surface area contributed by atoms with Crippen LogP contribution in [0.3, 0.4) is 0 Å². The molecular weight excluding hydrogens is 318 g/mol. The van der Waals surface area contributed by atoms with Gasteiger partial charge < -0.3 is 10.3 Å². The molecule has 1 saturated carbocycles. The minimum Gasteiger partial charge on any atom is -0.358 e. The van der Waals surface area contributed by atoms with Crippen LogP contribution in [0.4, 0.5) is 5.13 Å². The lowest BCUT2D eigenvalue weighted by atomic mass is 10.0. The number of thiazole rings is 1. The van der Waals surface area contributed by atoms with Crippen molar-refractivity contribution in [3.63, 3.8) is 0 Å². The van der Waals surface area contributed by atoms with Crippen molar-refractivity contribution in [3.8, 4) is 11.3 Å². The molecule has 0 aliphatic heterocycles. The number of H-pyrrole nitrogens is 1. The van der Waals surface area contributed by atoms with Crippen molar-refractivity contribution in [2.24, 2.45) is 5.92 Å². The summed E-state index contributed by atoms with van der Waals surface area (Å²) in [5.74, 6) is 0.652. The van der Waals surface area contributed by atoms with E-state index >= 15 is 0 Å². The molecule has 0 atom stereocenters. The molecule has 0 bridgehead atoms. The Labute approximate surface area is 145 Å². The zero-order valence-electron chi connectivity index (χ0n) is 13.8. The van der Waals surface area contributed by atoms with Gasteiger partial charge in [-0.15, -0.1) is 11.3 Å². The van der Waals surface area contributed by atoms with Crippen LogP contribution in [0.15, 0.2) is 29.6 Å². The Kier molecular flexibility index (Phi) is 4.10. The lowest BCUT2D eigenvalue weighted by molar-refractivity contribution is -0.117. The number of hydrogen-bond donors (Lipinski definition) is 2. The maximum Gasteiger partial charge on any atom is 0.226 e. The molecule has 5 heteroatoms. The number of aromatic amines is 1. The molecule has 2 N–H and O–H groups in total. The zero-order valence-corrected chi connectivity index (χ0v) is 14.6. The summed E-state index contributed by atoms with van der Waals surface area (Å²) in [7, 11) is 0. The lowest BCUT2D eigenvalue weighted by Crippen LogP contribution is -2.14. The number of carbonyl (C=O) groups is 1. The second-order valence-corrected chi connectivity index (χ2v) is 7.47. The van der Waals surface area contributed by atoms with Crippen LogP contribution in [0.1, 0.15) is 37.8 Å². The normalized spacial score (nSPS) is 15.2. The van der Waals surface area contributed by atoms with Gasteiger partial charge in [0.05, 0.1) is 5.69 Å². The Morgan fingerprint density at radius 1 is 1.33 bits per heavy atom. The van der Waals surface area contributed by atoms with E-state index in [1.54, 1.807) is 0 Å². The summed E-state index contributed by atoms with van der Waals surface area (Å²) in [6, 6.07) is 8.24. The Hall–Kier alpha value is -2.14. The first kappa shape index (κ1) is 15.4. The molecule has 0 unspecified atom stereocenters. The van der Waals surface area contributed by atoms with E-state index in [0.717, 1.165) is 22.5 Å². The fraction of sp³-hybridized carbons (Fsp3) is 0.368. The van der Waals surface area contributed by atoms with Crippen LogP contribution >= 0.6 is 11.3 Å². The van der Waals surface area contributed by atoms with Crippen molar-refractivity contribution < 1.29 is 4.79 Å². The average Bonchev–Trinajstić information content (AvgIpc) is 3.26. The largest absolute Gasteiger partial charge is 0.358 e. The van der Waals surface area contributed by atoms with Crippen molar-refractivity contribution in [1.29, 1.82) is 0 Å². The third kappa shape index (κ3) is 2.96. The number of rotatable bonds is 4. The monoisotopic (exact) mass is 339 g/mol. The maximum absolute atomic E-state index is 12.2. The first-order chi connectivity index (χ1) is 11.7. The molecule has 2 heterocycles.